The van der Waals surface area contributed by atoms with E-state index in [1.807, 2.05) is 17.5 Å². The van der Waals surface area contributed by atoms with Gasteiger partial charge in [-0.05, 0) is 17.9 Å². The quantitative estimate of drug-likeness (QED) is 0.727. The molecule has 0 aliphatic rings. The van der Waals surface area contributed by atoms with Gasteiger partial charge in [0.1, 0.15) is 0 Å². The first kappa shape index (κ1) is 13.7. The highest BCUT2D eigenvalue weighted by Gasteiger charge is 2.10. The second-order valence-corrected chi connectivity index (χ2v) is 4.78. The fourth-order valence-electron chi connectivity index (χ4n) is 1.38. The standard InChI is InChI=1S/C12H17NO3S/c1-13(7-3-6-12(15)16-2)11(14)9-10-5-4-8-17-10/h4-5,8H,3,6-7,9H2,1-2H3. The summed E-state index contributed by atoms with van der Waals surface area (Å²) in [6.45, 7) is 0.583. The first-order valence-electron chi connectivity index (χ1n) is 5.46. The van der Waals surface area contributed by atoms with Gasteiger partial charge in [-0.25, -0.2) is 0 Å². The van der Waals surface area contributed by atoms with Crippen LogP contribution in [0.25, 0.3) is 0 Å². The number of thiophene rings is 1. The Kier molecular flexibility index (Phi) is 5.69. The Labute approximate surface area is 105 Å². The molecule has 5 heteroatoms. The summed E-state index contributed by atoms with van der Waals surface area (Å²) in [4.78, 5) is 25.4. The van der Waals surface area contributed by atoms with Crippen molar-refractivity contribution >= 4 is 23.2 Å². The van der Waals surface area contributed by atoms with Crippen LogP contribution in [0.3, 0.4) is 0 Å². The lowest BCUT2D eigenvalue weighted by Crippen LogP contribution is -2.29. The Morgan fingerprint density at radius 2 is 2.24 bits per heavy atom. The average Bonchev–Trinajstić information content (AvgIpc) is 2.81. The van der Waals surface area contributed by atoms with Gasteiger partial charge in [-0.15, -0.1) is 11.3 Å². The second kappa shape index (κ2) is 7.06. The summed E-state index contributed by atoms with van der Waals surface area (Å²) >= 11 is 1.58. The van der Waals surface area contributed by atoms with Crippen molar-refractivity contribution < 1.29 is 14.3 Å². The molecule has 0 radical (unpaired) electrons. The highest BCUT2D eigenvalue weighted by atomic mass is 32.1. The number of likely N-dealkylation sites (N-methyl/N-ethyl adjacent to an activating group) is 1. The number of amides is 1. The van der Waals surface area contributed by atoms with E-state index in [1.54, 1.807) is 23.3 Å². The van der Waals surface area contributed by atoms with E-state index in [0.717, 1.165) is 4.88 Å². The second-order valence-electron chi connectivity index (χ2n) is 3.75. The van der Waals surface area contributed by atoms with Crippen LogP contribution in [-0.4, -0.2) is 37.5 Å². The lowest BCUT2D eigenvalue weighted by molar-refractivity contribution is -0.141. The van der Waals surface area contributed by atoms with E-state index in [1.165, 1.54) is 7.11 Å². The van der Waals surface area contributed by atoms with Crippen molar-refractivity contribution in [3.63, 3.8) is 0 Å². The number of carbonyl (C=O) groups excluding carboxylic acids is 2. The monoisotopic (exact) mass is 255 g/mol. The number of rotatable bonds is 6. The van der Waals surface area contributed by atoms with E-state index in [0.29, 0.717) is 25.8 Å². The highest BCUT2D eigenvalue weighted by Crippen LogP contribution is 2.10. The number of esters is 1. The van der Waals surface area contributed by atoms with Crippen molar-refractivity contribution in [2.24, 2.45) is 0 Å². The molecule has 1 heterocycles. The van der Waals surface area contributed by atoms with Gasteiger partial charge in [0.25, 0.3) is 0 Å². The summed E-state index contributed by atoms with van der Waals surface area (Å²) in [5, 5.41) is 1.96. The Bertz CT molecular complexity index is 362. The minimum absolute atomic E-state index is 0.0808. The molecule has 0 aliphatic carbocycles. The minimum atomic E-state index is -0.232. The van der Waals surface area contributed by atoms with Crippen LogP contribution in [0.5, 0.6) is 0 Å². The van der Waals surface area contributed by atoms with Crippen LogP contribution in [0.1, 0.15) is 17.7 Å². The third kappa shape index (κ3) is 4.99. The summed E-state index contributed by atoms with van der Waals surface area (Å²) < 4.78 is 4.54. The summed E-state index contributed by atoms with van der Waals surface area (Å²) in [6.07, 6.45) is 1.43. The lowest BCUT2D eigenvalue weighted by atomic mass is 10.2. The molecule has 0 spiro atoms. The van der Waals surface area contributed by atoms with E-state index in [-0.39, 0.29) is 11.9 Å². The molecule has 0 aromatic carbocycles. The van der Waals surface area contributed by atoms with Crippen LogP contribution < -0.4 is 0 Å². The molecule has 94 valence electrons. The molecular weight excluding hydrogens is 238 g/mol. The molecule has 1 rings (SSSR count). The Balaban J connectivity index is 2.25. The van der Waals surface area contributed by atoms with Crippen molar-refractivity contribution in [2.75, 3.05) is 20.7 Å². The maximum atomic E-state index is 11.8. The van der Waals surface area contributed by atoms with Gasteiger partial charge in [0.2, 0.25) is 5.91 Å². The van der Waals surface area contributed by atoms with Gasteiger partial charge in [-0.1, -0.05) is 6.07 Å². The van der Waals surface area contributed by atoms with E-state index in [9.17, 15) is 9.59 Å². The van der Waals surface area contributed by atoms with E-state index in [2.05, 4.69) is 4.74 Å². The molecule has 0 N–H and O–H groups in total. The van der Waals surface area contributed by atoms with Gasteiger partial charge >= 0.3 is 5.97 Å². The summed E-state index contributed by atoms with van der Waals surface area (Å²) in [6, 6.07) is 3.88. The fourth-order valence-corrected chi connectivity index (χ4v) is 2.08. The topological polar surface area (TPSA) is 46.6 Å². The third-order valence-corrected chi connectivity index (χ3v) is 3.31. The number of hydrogen-bond donors (Lipinski definition) is 0. The molecule has 0 aliphatic heterocycles. The van der Waals surface area contributed by atoms with E-state index < -0.39 is 0 Å². The van der Waals surface area contributed by atoms with Crippen LogP contribution in [0.2, 0.25) is 0 Å². The lowest BCUT2D eigenvalue weighted by Gasteiger charge is -2.16. The maximum absolute atomic E-state index is 11.8. The maximum Gasteiger partial charge on any atom is 0.305 e. The molecular formula is C12H17NO3S. The van der Waals surface area contributed by atoms with Crippen molar-refractivity contribution in [1.29, 1.82) is 0 Å². The smallest absolute Gasteiger partial charge is 0.305 e. The summed E-state index contributed by atoms with van der Waals surface area (Å²) in [7, 11) is 3.13. The van der Waals surface area contributed by atoms with E-state index in [4.69, 9.17) is 0 Å². The Morgan fingerprint density at radius 1 is 1.47 bits per heavy atom. The van der Waals surface area contributed by atoms with Gasteiger partial charge in [-0.3, -0.25) is 9.59 Å². The molecule has 17 heavy (non-hydrogen) atoms. The van der Waals surface area contributed by atoms with Crippen LogP contribution in [0.15, 0.2) is 17.5 Å². The van der Waals surface area contributed by atoms with Gasteiger partial charge < -0.3 is 9.64 Å². The zero-order valence-corrected chi connectivity index (χ0v) is 11.0. The molecule has 1 amide bonds. The fraction of sp³-hybridized carbons (Fsp3) is 0.500. The van der Waals surface area contributed by atoms with Gasteiger partial charge in [-0.2, -0.15) is 0 Å². The average molecular weight is 255 g/mol. The summed E-state index contributed by atoms with van der Waals surface area (Å²) in [5.41, 5.74) is 0. The first-order valence-corrected chi connectivity index (χ1v) is 6.34. The molecule has 0 bridgehead atoms. The minimum Gasteiger partial charge on any atom is -0.469 e. The Hall–Kier alpha value is -1.36. The zero-order chi connectivity index (χ0) is 12.7. The molecule has 0 unspecified atom stereocenters. The summed E-state index contributed by atoms with van der Waals surface area (Å²) in [5.74, 6) is -0.151. The largest absolute Gasteiger partial charge is 0.469 e. The molecule has 4 nitrogen and oxygen atoms in total. The van der Waals surface area contributed by atoms with Crippen molar-refractivity contribution in [1.82, 2.24) is 4.90 Å². The number of ether oxygens (including phenoxy) is 1. The molecule has 0 saturated heterocycles. The van der Waals surface area contributed by atoms with Crippen LogP contribution in [-0.2, 0) is 20.7 Å². The number of carbonyl (C=O) groups is 2. The van der Waals surface area contributed by atoms with Crippen LogP contribution in [0.4, 0.5) is 0 Å². The molecule has 0 saturated carbocycles. The number of nitrogens with zero attached hydrogens (tertiary/aromatic N) is 1. The third-order valence-electron chi connectivity index (χ3n) is 2.43. The van der Waals surface area contributed by atoms with Gasteiger partial charge in [0.05, 0.1) is 13.5 Å². The Morgan fingerprint density at radius 3 is 2.82 bits per heavy atom. The predicted molar refractivity (Wildman–Crippen MR) is 66.9 cm³/mol. The number of hydrogen-bond acceptors (Lipinski definition) is 4. The molecule has 1 aromatic heterocycles. The zero-order valence-electron chi connectivity index (χ0n) is 10.1. The first-order chi connectivity index (χ1) is 8.13. The van der Waals surface area contributed by atoms with Crippen LogP contribution >= 0.6 is 11.3 Å². The van der Waals surface area contributed by atoms with Crippen molar-refractivity contribution in [3.8, 4) is 0 Å². The van der Waals surface area contributed by atoms with Crippen molar-refractivity contribution in [2.45, 2.75) is 19.3 Å². The van der Waals surface area contributed by atoms with Gasteiger partial charge in [0.15, 0.2) is 0 Å². The predicted octanol–water partition coefficient (Wildman–Crippen LogP) is 1.70. The SMILES string of the molecule is COC(=O)CCCN(C)C(=O)Cc1cccs1. The van der Waals surface area contributed by atoms with Crippen molar-refractivity contribution in [3.05, 3.63) is 22.4 Å². The van der Waals surface area contributed by atoms with E-state index >= 15 is 0 Å². The highest BCUT2D eigenvalue weighted by molar-refractivity contribution is 7.10. The molecule has 0 atom stereocenters. The van der Waals surface area contributed by atoms with Crippen LogP contribution in [0, 0.1) is 0 Å². The molecule has 0 fully saturated rings. The number of methoxy groups -OCH3 is 1. The van der Waals surface area contributed by atoms with Gasteiger partial charge in [0, 0.05) is 24.9 Å². The normalized spacial score (nSPS) is 10.0. The molecule has 1 aromatic rings.